The lowest BCUT2D eigenvalue weighted by Crippen LogP contribution is -2.12. The topological polar surface area (TPSA) is 37.8 Å². The molecule has 0 aliphatic carbocycles. The molecule has 3 rings (SSSR count). The van der Waals surface area contributed by atoms with E-state index in [1.165, 1.54) is 0 Å². The van der Waals surface area contributed by atoms with E-state index >= 15 is 0 Å². The Morgan fingerprint density at radius 1 is 0.864 bits per heavy atom. The second-order valence-electron chi connectivity index (χ2n) is 5.49. The van der Waals surface area contributed by atoms with Gasteiger partial charge in [-0.3, -0.25) is 0 Å². The third kappa shape index (κ3) is 3.31. The van der Waals surface area contributed by atoms with Crippen molar-refractivity contribution in [1.82, 2.24) is 9.97 Å². The number of fused-ring (bicyclic) bond motifs is 1. The van der Waals surface area contributed by atoms with Gasteiger partial charge in [0, 0.05) is 11.4 Å². The molecule has 0 spiro atoms. The zero-order valence-corrected chi connectivity index (χ0v) is 12.8. The number of hydrogen-bond donors (Lipinski definition) is 1. The Labute approximate surface area is 130 Å². The summed E-state index contributed by atoms with van der Waals surface area (Å²) in [6, 6.07) is 18.6. The maximum atomic E-state index is 4.65. The van der Waals surface area contributed by atoms with Gasteiger partial charge in [0.15, 0.2) is 5.82 Å². The fourth-order valence-corrected chi connectivity index (χ4v) is 2.29. The molecule has 3 heteroatoms. The van der Waals surface area contributed by atoms with E-state index in [0.29, 0.717) is 11.9 Å². The van der Waals surface area contributed by atoms with Crippen LogP contribution in [0.2, 0.25) is 0 Å². The van der Waals surface area contributed by atoms with Crippen molar-refractivity contribution in [3.8, 4) is 0 Å². The number of nitrogens with zero attached hydrogens (tertiary/aromatic N) is 2. The van der Waals surface area contributed by atoms with Gasteiger partial charge < -0.3 is 5.32 Å². The van der Waals surface area contributed by atoms with Gasteiger partial charge in [-0.2, -0.15) is 0 Å². The van der Waals surface area contributed by atoms with Crippen molar-refractivity contribution in [2.24, 2.45) is 0 Å². The number of para-hydroxylation sites is 1. The summed E-state index contributed by atoms with van der Waals surface area (Å²) in [5.41, 5.74) is 2.09. The number of aromatic nitrogens is 2. The molecule has 0 radical (unpaired) electrons. The van der Waals surface area contributed by atoms with Crippen molar-refractivity contribution < 1.29 is 0 Å². The summed E-state index contributed by atoms with van der Waals surface area (Å²) in [5.74, 6) is 1.60. The highest BCUT2D eigenvalue weighted by Crippen LogP contribution is 2.21. The predicted molar refractivity (Wildman–Crippen MR) is 93.7 cm³/mol. The fraction of sp³-hybridized carbons (Fsp3) is 0.158. The van der Waals surface area contributed by atoms with Gasteiger partial charge in [-0.15, -0.1) is 0 Å². The minimum atomic E-state index is 0.323. The highest BCUT2D eigenvalue weighted by atomic mass is 15.0. The van der Waals surface area contributed by atoms with Crippen LogP contribution in [0.15, 0.2) is 54.6 Å². The van der Waals surface area contributed by atoms with E-state index < -0.39 is 0 Å². The smallest absolute Gasteiger partial charge is 0.154 e. The lowest BCUT2D eigenvalue weighted by molar-refractivity contribution is 0.889. The quantitative estimate of drug-likeness (QED) is 0.761. The van der Waals surface area contributed by atoms with Gasteiger partial charge >= 0.3 is 0 Å². The van der Waals surface area contributed by atoms with Crippen LogP contribution in [0.4, 0.5) is 5.82 Å². The molecule has 110 valence electrons. The molecular weight excluding hydrogens is 270 g/mol. The van der Waals surface area contributed by atoms with Crippen LogP contribution >= 0.6 is 0 Å². The molecule has 0 aliphatic rings. The van der Waals surface area contributed by atoms with Crippen LogP contribution in [-0.2, 0) is 0 Å². The Morgan fingerprint density at radius 3 is 2.36 bits per heavy atom. The maximum absolute atomic E-state index is 4.65. The van der Waals surface area contributed by atoms with Gasteiger partial charge in [0.1, 0.15) is 5.82 Å². The third-order valence-electron chi connectivity index (χ3n) is 3.27. The monoisotopic (exact) mass is 289 g/mol. The molecule has 3 nitrogen and oxygen atoms in total. The lowest BCUT2D eigenvalue weighted by atomic mass is 10.2. The summed E-state index contributed by atoms with van der Waals surface area (Å²) in [6.45, 7) is 4.22. The summed E-state index contributed by atoms with van der Waals surface area (Å²) in [6.07, 6.45) is 3.98. The second-order valence-corrected chi connectivity index (χ2v) is 5.49. The van der Waals surface area contributed by atoms with Gasteiger partial charge in [-0.1, -0.05) is 48.5 Å². The molecule has 1 N–H and O–H groups in total. The summed E-state index contributed by atoms with van der Waals surface area (Å²) in [7, 11) is 0. The van der Waals surface area contributed by atoms with E-state index in [0.717, 1.165) is 22.3 Å². The first kappa shape index (κ1) is 14.3. The minimum absolute atomic E-state index is 0.323. The van der Waals surface area contributed by atoms with Gasteiger partial charge in [0.25, 0.3) is 0 Å². The number of hydrogen-bond acceptors (Lipinski definition) is 3. The summed E-state index contributed by atoms with van der Waals surface area (Å²) in [4.78, 5) is 9.27. The number of benzene rings is 2. The molecule has 0 fully saturated rings. The van der Waals surface area contributed by atoms with Crippen LogP contribution in [0.5, 0.6) is 0 Å². The predicted octanol–water partition coefficient (Wildman–Crippen LogP) is 4.62. The van der Waals surface area contributed by atoms with Crippen molar-refractivity contribution in [3.05, 3.63) is 66.0 Å². The van der Waals surface area contributed by atoms with Crippen molar-refractivity contribution in [1.29, 1.82) is 0 Å². The lowest BCUT2D eigenvalue weighted by Gasteiger charge is -2.12. The summed E-state index contributed by atoms with van der Waals surface area (Å²) >= 11 is 0. The largest absolute Gasteiger partial charge is 0.367 e. The number of anilines is 1. The minimum Gasteiger partial charge on any atom is -0.367 e. The summed E-state index contributed by atoms with van der Waals surface area (Å²) in [5, 5.41) is 4.45. The van der Waals surface area contributed by atoms with Crippen LogP contribution in [0.1, 0.15) is 25.2 Å². The normalized spacial score (nSPS) is 11.4. The van der Waals surface area contributed by atoms with Crippen LogP contribution < -0.4 is 5.32 Å². The van der Waals surface area contributed by atoms with Crippen LogP contribution in [0, 0.1) is 0 Å². The molecule has 0 amide bonds. The van der Waals surface area contributed by atoms with Crippen molar-refractivity contribution in [2.45, 2.75) is 19.9 Å². The highest BCUT2D eigenvalue weighted by Gasteiger charge is 2.06. The molecule has 1 heterocycles. The molecule has 0 saturated heterocycles. The van der Waals surface area contributed by atoms with Crippen molar-refractivity contribution in [2.75, 3.05) is 5.32 Å². The van der Waals surface area contributed by atoms with Gasteiger partial charge in [-0.25, -0.2) is 9.97 Å². The number of rotatable bonds is 4. The number of nitrogens with one attached hydrogen (secondary N) is 1. The zero-order chi connectivity index (χ0) is 15.4. The molecule has 1 aromatic heterocycles. The molecule has 0 aliphatic heterocycles. The molecule has 0 atom stereocenters. The molecule has 0 saturated carbocycles. The Kier molecular flexibility index (Phi) is 4.15. The van der Waals surface area contributed by atoms with E-state index in [1.54, 1.807) is 0 Å². The Balaban J connectivity index is 2.01. The van der Waals surface area contributed by atoms with Gasteiger partial charge in [0.05, 0.1) is 5.52 Å². The molecular formula is C19H19N3. The van der Waals surface area contributed by atoms with Crippen LogP contribution in [-0.4, -0.2) is 16.0 Å². The van der Waals surface area contributed by atoms with E-state index in [2.05, 4.69) is 41.3 Å². The van der Waals surface area contributed by atoms with Crippen molar-refractivity contribution in [3.63, 3.8) is 0 Å². The first-order chi connectivity index (χ1) is 10.7. The van der Waals surface area contributed by atoms with E-state index in [4.69, 9.17) is 0 Å². The Morgan fingerprint density at radius 2 is 1.59 bits per heavy atom. The second kappa shape index (κ2) is 6.39. The first-order valence-corrected chi connectivity index (χ1v) is 7.49. The van der Waals surface area contributed by atoms with Crippen LogP contribution in [0.3, 0.4) is 0 Å². The zero-order valence-electron chi connectivity index (χ0n) is 12.8. The fourth-order valence-electron chi connectivity index (χ4n) is 2.29. The average Bonchev–Trinajstić information content (AvgIpc) is 2.53. The first-order valence-electron chi connectivity index (χ1n) is 7.49. The standard InChI is InChI=1S/C19H19N3/c1-14(2)20-19-16-10-6-7-11-17(16)21-18(22-19)13-12-15-8-4-3-5-9-15/h3-14H,1-2H3,(H,20,21,22)/b13-12-. The van der Waals surface area contributed by atoms with Crippen LogP contribution in [0.25, 0.3) is 23.1 Å². The van der Waals surface area contributed by atoms with E-state index in [1.807, 2.05) is 54.6 Å². The SMILES string of the molecule is CC(C)Nc1nc(/C=C\c2ccccc2)nc2ccccc12. The van der Waals surface area contributed by atoms with Gasteiger partial charge in [-0.05, 0) is 37.6 Å². The molecule has 0 bridgehead atoms. The maximum Gasteiger partial charge on any atom is 0.154 e. The molecule has 2 aromatic carbocycles. The van der Waals surface area contributed by atoms with E-state index in [-0.39, 0.29) is 0 Å². The average molecular weight is 289 g/mol. The third-order valence-corrected chi connectivity index (χ3v) is 3.27. The van der Waals surface area contributed by atoms with Gasteiger partial charge in [0.2, 0.25) is 0 Å². The molecule has 0 unspecified atom stereocenters. The Bertz CT molecular complexity index is 792. The molecule has 3 aromatic rings. The summed E-state index contributed by atoms with van der Waals surface area (Å²) < 4.78 is 0. The highest BCUT2D eigenvalue weighted by molar-refractivity contribution is 5.90. The van der Waals surface area contributed by atoms with Crippen molar-refractivity contribution >= 4 is 28.9 Å². The molecule has 22 heavy (non-hydrogen) atoms. The van der Waals surface area contributed by atoms with E-state index in [9.17, 15) is 0 Å². The Hall–Kier alpha value is -2.68.